The van der Waals surface area contributed by atoms with Crippen LogP contribution in [0, 0.1) is 5.92 Å². The van der Waals surface area contributed by atoms with Gasteiger partial charge in [-0.3, -0.25) is 9.59 Å². The number of likely N-dealkylation sites (tertiary alicyclic amines) is 1. The van der Waals surface area contributed by atoms with Gasteiger partial charge in [-0.25, -0.2) is 9.67 Å². The minimum atomic E-state index is -0.125. The van der Waals surface area contributed by atoms with Gasteiger partial charge in [0.1, 0.15) is 19.2 Å². The highest BCUT2D eigenvalue weighted by atomic mass is 16.2. The summed E-state index contributed by atoms with van der Waals surface area (Å²) in [4.78, 5) is 30.0. The molecule has 0 spiro atoms. The first-order valence-electron chi connectivity index (χ1n) is 8.14. The molecule has 0 unspecified atom stereocenters. The van der Waals surface area contributed by atoms with E-state index < -0.39 is 0 Å². The van der Waals surface area contributed by atoms with E-state index in [-0.39, 0.29) is 24.3 Å². The van der Waals surface area contributed by atoms with Crippen molar-refractivity contribution in [3.8, 4) is 0 Å². The fourth-order valence-corrected chi connectivity index (χ4v) is 2.87. The highest BCUT2D eigenvalue weighted by Crippen LogP contribution is 2.16. The summed E-state index contributed by atoms with van der Waals surface area (Å²) in [7, 11) is 0. The first kappa shape index (κ1) is 16.2. The van der Waals surface area contributed by atoms with E-state index in [4.69, 9.17) is 0 Å². The van der Waals surface area contributed by atoms with Crippen molar-refractivity contribution in [3.05, 3.63) is 48.5 Å². The first-order valence-corrected chi connectivity index (χ1v) is 8.14. The van der Waals surface area contributed by atoms with Crippen molar-refractivity contribution < 1.29 is 9.59 Å². The molecule has 1 aromatic carbocycles. The zero-order valence-corrected chi connectivity index (χ0v) is 13.5. The molecule has 0 aliphatic carbocycles. The summed E-state index contributed by atoms with van der Waals surface area (Å²) in [6, 6.07) is 10.1. The molecule has 2 amide bonds. The zero-order valence-electron chi connectivity index (χ0n) is 13.5. The van der Waals surface area contributed by atoms with Gasteiger partial charge in [-0.05, 0) is 18.4 Å². The molecule has 2 heterocycles. The van der Waals surface area contributed by atoms with Crippen LogP contribution in [0.5, 0.6) is 0 Å². The van der Waals surface area contributed by atoms with Crippen LogP contribution in [0.15, 0.2) is 43.0 Å². The van der Waals surface area contributed by atoms with Crippen molar-refractivity contribution in [1.29, 1.82) is 0 Å². The van der Waals surface area contributed by atoms with Gasteiger partial charge in [0.05, 0.1) is 5.92 Å². The van der Waals surface area contributed by atoms with E-state index in [1.807, 2.05) is 30.3 Å². The topological polar surface area (TPSA) is 80.1 Å². The average Bonchev–Trinajstić information content (AvgIpc) is 3.27. The van der Waals surface area contributed by atoms with E-state index in [1.165, 1.54) is 22.9 Å². The number of carbonyl (C=O) groups excluding carboxylic acids is 2. The van der Waals surface area contributed by atoms with E-state index >= 15 is 0 Å². The number of benzene rings is 1. The average molecular weight is 327 g/mol. The number of nitrogens with one attached hydrogen (secondary N) is 1. The first-order chi connectivity index (χ1) is 11.7. The van der Waals surface area contributed by atoms with Gasteiger partial charge in [-0.2, -0.15) is 5.10 Å². The zero-order chi connectivity index (χ0) is 16.8. The summed E-state index contributed by atoms with van der Waals surface area (Å²) in [5.41, 5.74) is 1.20. The second kappa shape index (κ2) is 7.72. The monoisotopic (exact) mass is 327 g/mol. The number of hydrogen-bond acceptors (Lipinski definition) is 4. The number of rotatable bonds is 6. The predicted octanol–water partition coefficient (Wildman–Crippen LogP) is 0.485. The molecule has 0 radical (unpaired) electrons. The Morgan fingerprint density at radius 1 is 1.25 bits per heavy atom. The minimum absolute atomic E-state index is 0.0277. The summed E-state index contributed by atoms with van der Waals surface area (Å²) >= 11 is 0. The SMILES string of the molecule is O=C(NCCc1ccccc1)[C@H]1CCN(C(=O)Cn2cncn2)C1. The Balaban J connectivity index is 1.41. The molecule has 2 aromatic rings. The molecule has 1 atom stereocenters. The minimum Gasteiger partial charge on any atom is -0.355 e. The maximum atomic E-state index is 12.2. The Morgan fingerprint density at radius 3 is 2.83 bits per heavy atom. The lowest BCUT2D eigenvalue weighted by Crippen LogP contribution is -2.36. The van der Waals surface area contributed by atoms with Gasteiger partial charge in [0, 0.05) is 19.6 Å². The molecule has 1 aliphatic heterocycles. The molecule has 1 aliphatic rings. The van der Waals surface area contributed by atoms with Gasteiger partial charge < -0.3 is 10.2 Å². The third kappa shape index (κ3) is 4.18. The molecule has 24 heavy (non-hydrogen) atoms. The smallest absolute Gasteiger partial charge is 0.244 e. The molecule has 3 rings (SSSR count). The molecule has 1 fully saturated rings. The number of carbonyl (C=O) groups is 2. The molecule has 126 valence electrons. The van der Waals surface area contributed by atoms with Crippen molar-refractivity contribution in [1.82, 2.24) is 25.0 Å². The number of aromatic nitrogens is 3. The van der Waals surface area contributed by atoms with Gasteiger partial charge >= 0.3 is 0 Å². The molecule has 1 aromatic heterocycles. The summed E-state index contributed by atoms with van der Waals surface area (Å²) in [6.45, 7) is 1.88. The van der Waals surface area contributed by atoms with Crippen LogP contribution in [-0.2, 0) is 22.6 Å². The van der Waals surface area contributed by atoms with E-state index in [0.717, 1.165) is 6.42 Å². The highest BCUT2D eigenvalue weighted by Gasteiger charge is 2.30. The fourth-order valence-electron chi connectivity index (χ4n) is 2.87. The maximum absolute atomic E-state index is 12.2. The molecule has 0 bridgehead atoms. The normalized spacial score (nSPS) is 17.0. The van der Waals surface area contributed by atoms with Crippen molar-refractivity contribution in [2.75, 3.05) is 19.6 Å². The maximum Gasteiger partial charge on any atom is 0.244 e. The standard InChI is InChI=1S/C17H21N5O2/c23-16(11-22-13-18-12-20-22)21-9-7-15(10-21)17(24)19-8-6-14-4-2-1-3-5-14/h1-5,12-13,15H,6-11H2,(H,19,24)/t15-/m0/s1. The van der Waals surface area contributed by atoms with Crippen LogP contribution in [0.3, 0.4) is 0 Å². The van der Waals surface area contributed by atoms with Crippen LogP contribution >= 0.6 is 0 Å². The van der Waals surface area contributed by atoms with Crippen molar-refractivity contribution in [2.45, 2.75) is 19.4 Å². The molecule has 1 saturated heterocycles. The van der Waals surface area contributed by atoms with Crippen LogP contribution < -0.4 is 5.32 Å². The van der Waals surface area contributed by atoms with E-state index in [9.17, 15) is 9.59 Å². The lowest BCUT2D eigenvalue weighted by Gasteiger charge is -2.16. The Hall–Kier alpha value is -2.70. The second-order valence-electron chi connectivity index (χ2n) is 5.95. The lowest BCUT2D eigenvalue weighted by molar-refractivity contribution is -0.131. The Labute approximate surface area is 140 Å². The van der Waals surface area contributed by atoms with Crippen LogP contribution in [0.1, 0.15) is 12.0 Å². The fraction of sp³-hybridized carbons (Fsp3) is 0.412. The molecule has 7 heteroatoms. The molecular formula is C17H21N5O2. The van der Waals surface area contributed by atoms with Crippen molar-refractivity contribution in [2.24, 2.45) is 5.92 Å². The van der Waals surface area contributed by atoms with Gasteiger partial charge in [0.2, 0.25) is 11.8 Å². The van der Waals surface area contributed by atoms with Crippen LogP contribution in [0.4, 0.5) is 0 Å². The Bertz CT molecular complexity index is 672. The Kier molecular flexibility index (Phi) is 5.20. The largest absolute Gasteiger partial charge is 0.355 e. The molecular weight excluding hydrogens is 306 g/mol. The quantitative estimate of drug-likeness (QED) is 0.837. The molecule has 0 saturated carbocycles. The van der Waals surface area contributed by atoms with E-state index in [2.05, 4.69) is 15.4 Å². The van der Waals surface area contributed by atoms with Crippen LogP contribution in [0.2, 0.25) is 0 Å². The summed E-state index contributed by atoms with van der Waals surface area (Å²) in [5.74, 6) is -0.123. The summed E-state index contributed by atoms with van der Waals surface area (Å²) in [6.07, 6.45) is 4.44. The van der Waals surface area contributed by atoms with Gasteiger partial charge in [-0.1, -0.05) is 30.3 Å². The number of nitrogens with zero attached hydrogens (tertiary/aromatic N) is 4. The lowest BCUT2D eigenvalue weighted by atomic mass is 10.1. The predicted molar refractivity (Wildman–Crippen MR) is 87.9 cm³/mol. The number of amides is 2. The van der Waals surface area contributed by atoms with Crippen LogP contribution in [0.25, 0.3) is 0 Å². The van der Waals surface area contributed by atoms with E-state index in [1.54, 1.807) is 4.90 Å². The third-order valence-electron chi connectivity index (χ3n) is 4.23. The third-order valence-corrected chi connectivity index (χ3v) is 4.23. The molecule has 1 N–H and O–H groups in total. The van der Waals surface area contributed by atoms with Crippen molar-refractivity contribution >= 4 is 11.8 Å². The summed E-state index contributed by atoms with van der Waals surface area (Å²) in [5, 5.41) is 6.90. The van der Waals surface area contributed by atoms with Gasteiger partial charge in [0.25, 0.3) is 0 Å². The van der Waals surface area contributed by atoms with Gasteiger partial charge in [0.15, 0.2) is 0 Å². The Morgan fingerprint density at radius 2 is 2.08 bits per heavy atom. The van der Waals surface area contributed by atoms with Crippen molar-refractivity contribution in [3.63, 3.8) is 0 Å². The van der Waals surface area contributed by atoms with Crippen LogP contribution in [-0.4, -0.2) is 51.1 Å². The van der Waals surface area contributed by atoms with Gasteiger partial charge in [-0.15, -0.1) is 0 Å². The van der Waals surface area contributed by atoms with E-state index in [0.29, 0.717) is 26.1 Å². The molecule has 7 nitrogen and oxygen atoms in total. The summed E-state index contributed by atoms with van der Waals surface area (Å²) < 4.78 is 1.50. The number of hydrogen-bond donors (Lipinski definition) is 1. The highest BCUT2D eigenvalue weighted by molar-refractivity contribution is 5.82. The second-order valence-corrected chi connectivity index (χ2v) is 5.95.